The van der Waals surface area contributed by atoms with Gasteiger partial charge in [-0.3, -0.25) is 9.78 Å². The molecule has 0 unspecified atom stereocenters. The molecule has 1 amide bonds. The Balaban J connectivity index is 1.49. The zero-order valence-electron chi connectivity index (χ0n) is 16.6. The van der Waals surface area contributed by atoms with Crippen LogP contribution in [0.5, 0.6) is 5.75 Å². The fraction of sp³-hybridized carbons (Fsp3) is 0.273. The lowest BCUT2D eigenvalue weighted by molar-refractivity contribution is 0.0997. The molecule has 8 heteroatoms. The number of hydrogen-bond acceptors (Lipinski definition) is 6. The maximum absolute atomic E-state index is 14.3. The summed E-state index contributed by atoms with van der Waals surface area (Å²) < 4.78 is 19.5. The van der Waals surface area contributed by atoms with Crippen LogP contribution >= 0.6 is 0 Å². The second-order valence-electron chi connectivity index (χ2n) is 7.40. The maximum atomic E-state index is 14.3. The first-order valence-electron chi connectivity index (χ1n) is 9.69. The quantitative estimate of drug-likeness (QED) is 0.623. The molecule has 1 aliphatic rings. The van der Waals surface area contributed by atoms with Crippen LogP contribution in [0.25, 0.3) is 11.3 Å². The van der Waals surface area contributed by atoms with E-state index >= 15 is 0 Å². The number of methoxy groups -OCH3 is 1. The number of hydrogen-bond donors (Lipinski definition) is 2. The number of nitrogens with zero attached hydrogens (tertiary/aromatic N) is 3. The molecule has 7 nitrogen and oxygen atoms in total. The fourth-order valence-corrected chi connectivity index (χ4v) is 3.77. The van der Waals surface area contributed by atoms with Gasteiger partial charge >= 0.3 is 0 Å². The first-order valence-corrected chi connectivity index (χ1v) is 9.69. The molecule has 0 radical (unpaired) electrons. The number of halogens is 1. The lowest BCUT2D eigenvalue weighted by Crippen LogP contribution is -2.42. The van der Waals surface area contributed by atoms with E-state index in [1.54, 1.807) is 30.5 Å². The predicted molar refractivity (Wildman–Crippen MR) is 111 cm³/mol. The number of carbonyl (C=O) groups excluding carboxylic acids is 1. The van der Waals surface area contributed by atoms with E-state index in [1.807, 2.05) is 12.1 Å². The average Bonchev–Trinajstić information content (AvgIpc) is 2.74. The summed E-state index contributed by atoms with van der Waals surface area (Å²) in [6.45, 7) is 0.538. The summed E-state index contributed by atoms with van der Waals surface area (Å²) in [5, 5.41) is 11.8. The number of benzene rings is 1. The van der Waals surface area contributed by atoms with Crippen molar-refractivity contribution in [3.05, 3.63) is 65.7 Å². The zero-order chi connectivity index (χ0) is 21.1. The molecule has 2 aromatic heterocycles. The highest BCUT2D eigenvalue weighted by Gasteiger charge is 2.41. The third kappa shape index (κ3) is 3.68. The zero-order valence-corrected chi connectivity index (χ0v) is 16.6. The first kappa shape index (κ1) is 19.8. The summed E-state index contributed by atoms with van der Waals surface area (Å²) in [7, 11) is 1.48. The molecule has 1 saturated carbocycles. The maximum Gasteiger partial charge on any atom is 0.252 e. The number of pyridine rings is 1. The van der Waals surface area contributed by atoms with Crippen molar-refractivity contribution in [3.63, 3.8) is 0 Å². The van der Waals surface area contributed by atoms with E-state index in [9.17, 15) is 9.18 Å². The van der Waals surface area contributed by atoms with Gasteiger partial charge in [-0.15, -0.1) is 10.2 Å². The van der Waals surface area contributed by atoms with Crippen LogP contribution in [0.15, 0.2) is 48.7 Å². The molecule has 2 heterocycles. The number of primary amides is 1. The lowest BCUT2D eigenvalue weighted by Gasteiger charge is -2.41. The molecule has 0 atom stereocenters. The van der Waals surface area contributed by atoms with Gasteiger partial charge in [0.2, 0.25) is 0 Å². The Hall–Kier alpha value is -3.55. The highest BCUT2D eigenvalue weighted by molar-refractivity contribution is 5.96. The predicted octanol–water partition coefficient (Wildman–Crippen LogP) is 3.32. The second-order valence-corrected chi connectivity index (χ2v) is 7.40. The third-order valence-corrected chi connectivity index (χ3v) is 5.61. The molecule has 0 aliphatic heterocycles. The van der Waals surface area contributed by atoms with Gasteiger partial charge < -0.3 is 15.8 Å². The number of carbonyl (C=O) groups is 1. The minimum absolute atomic E-state index is 0.270. The average molecular weight is 407 g/mol. The first-order chi connectivity index (χ1) is 14.5. The van der Waals surface area contributed by atoms with Crippen LogP contribution in [-0.2, 0) is 5.41 Å². The molecule has 1 aliphatic carbocycles. The van der Waals surface area contributed by atoms with Crippen molar-refractivity contribution in [2.45, 2.75) is 24.7 Å². The highest BCUT2D eigenvalue weighted by Crippen LogP contribution is 2.43. The Bertz CT molecular complexity index is 1070. The number of amides is 1. The Morgan fingerprint density at radius 3 is 2.67 bits per heavy atom. The van der Waals surface area contributed by atoms with Crippen LogP contribution in [-0.4, -0.2) is 34.7 Å². The number of rotatable bonds is 7. The molecule has 4 rings (SSSR count). The Morgan fingerprint density at radius 1 is 1.23 bits per heavy atom. The molecule has 3 N–H and O–H groups in total. The van der Waals surface area contributed by atoms with Gasteiger partial charge in [-0.05, 0) is 49.2 Å². The van der Waals surface area contributed by atoms with Crippen LogP contribution in [0.4, 0.5) is 10.2 Å². The van der Waals surface area contributed by atoms with Gasteiger partial charge in [0.05, 0.1) is 24.1 Å². The van der Waals surface area contributed by atoms with E-state index in [0.29, 0.717) is 35.1 Å². The second kappa shape index (κ2) is 8.06. The van der Waals surface area contributed by atoms with E-state index < -0.39 is 5.91 Å². The standard InChI is InChI=1S/C22H22FN5O2/c1-30-18-12-14(5-6-15(18)21(24)29)17-7-8-19(28-27-17)26-13-22(9-3-10-22)20-16(23)4-2-11-25-20/h2,4-8,11-12H,3,9-10,13H2,1H3,(H2,24,29)(H,26,28). The SMILES string of the molecule is COc1cc(-c2ccc(NCC3(c4ncccc4F)CCC3)nn2)ccc1C(N)=O. The molecular formula is C22H22FN5O2. The number of ether oxygens (including phenoxy) is 1. The number of nitrogens with two attached hydrogens (primary N) is 1. The minimum Gasteiger partial charge on any atom is -0.496 e. The minimum atomic E-state index is -0.557. The van der Waals surface area contributed by atoms with E-state index in [1.165, 1.54) is 13.2 Å². The van der Waals surface area contributed by atoms with Crippen LogP contribution < -0.4 is 15.8 Å². The molecule has 154 valence electrons. The molecule has 30 heavy (non-hydrogen) atoms. The van der Waals surface area contributed by atoms with Gasteiger partial charge in [-0.25, -0.2) is 4.39 Å². The fourth-order valence-electron chi connectivity index (χ4n) is 3.77. The van der Waals surface area contributed by atoms with Crippen LogP contribution in [0.1, 0.15) is 35.3 Å². The van der Waals surface area contributed by atoms with E-state index in [4.69, 9.17) is 10.5 Å². The Labute approximate surface area is 173 Å². The van der Waals surface area contributed by atoms with Gasteiger partial charge in [0.15, 0.2) is 0 Å². The summed E-state index contributed by atoms with van der Waals surface area (Å²) >= 11 is 0. The Kier molecular flexibility index (Phi) is 5.31. The van der Waals surface area contributed by atoms with Crippen LogP contribution in [0, 0.1) is 5.82 Å². The van der Waals surface area contributed by atoms with Gasteiger partial charge in [-0.2, -0.15) is 0 Å². The summed E-state index contributed by atoms with van der Waals surface area (Å²) in [6, 6.07) is 11.7. The largest absolute Gasteiger partial charge is 0.496 e. The van der Waals surface area contributed by atoms with Crippen LogP contribution in [0.2, 0.25) is 0 Å². The summed E-state index contributed by atoms with van der Waals surface area (Å²) in [5.41, 5.74) is 7.23. The number of anilines is 1. The van der Waals surface area contributed by atoms with E-state index in [0.717, 1.165) is 24.8 Å². The van der Waals surface area contributed by atoms with Gasteiger partial charge in [0.1, 0.15) is 17.4 Å². The Morgan fingerprint density at radius 2 is 2.07 bits per heavy atom. The summed E-state index contributed by atoms with van der Waals surface area (Å²) in [4.78, 5) is 15.7. The summed E-state index contributed by atoms with van der Waals surface area (Å²) in [6.07, 6.45) is 4.44. The molecule has 1 fully saturated rings. The number of nitrogens with one attached hydrogen (secondary N) is 1. The van der Waals surface area contributed by atoms with E-state index in [-0.39, 0.29) is 11.2 Å². The topological polar surface area (TPSA) is 103 Å². The van der Waals surface area contributed by atoms with Crippen molar-refractivity contribution in [1.29, 1.82) is 0 Å². The summed E-state index contributed by atoms with van der Waals surface area (Å²) in [5.74, 6) is 0.155. The highest BCUT2D eigenvalue weighted by atomic mass is 19.1. The molecular weight excluding hydrogens is 385 g/mol. The number of aromatic nitrogens is 3. The molecule has 1 aromatic carbocycles. The van der Waals surface area contributed by atoms with Crippen molar-refractivity contribution in [2.24, 2.45) is 5.73 Å². The van der Waals surface area contributed by atoms with Gasteiger partial charge in [-0.1, -0.05) is 12.5 Å². The smallest absolute Gasteiger partial charge is 0.252 e. The van der Waals surface area contributed by atoms with Crippen molar-refractivity contribution in [3.8, 4) is 17.0 Å². The van der Waals surface area contributed by atoms with Gasteiger partial charge in [0.25, 0.3) is 5.91 Å². The monoisotopic (exact) mass is 407 g/mol. The molecule has 0 bridgehead atoms. The lowest BCUT2D eigenvalue weighted by atomic mass is 9.66. The van der Waals surface area contributed by atoms with Crippen LogP contribution in [0.3, 0.4) is 0 Å². The van der Waals surface area contributed by atoms with Crippen molar-refractivity contribution in [2.75, 3.05) is 19.0 Å². The molecule has 3 aromatic rings. The third-order valence-electron chi connectivity index (χ3n) is 5.61. The normalized spacial score (nSPS) is 14.6. The molecule has 0 saturated heterocycles. The van der Waals surface area contributed by atoms with Crippen molar-refractivity contribution < 1.29 is 13.9 Å². The van der Waals surface area contributed by atoms with Crippen molar-refractivity contribution >= 4 is 11.7 Å². The van der Waals surface area contributed by atoms with Gasteiger partial charge in [0, 0.05) is 23.7 Å². The van der Waals surface area contributed by atoms with Crippen molar-refractivity contribution in [1.82, 2.24) is 15.2 Å². The van der Waals surface area contributed by atoms with E-state index in [2.05, 4.69) is 20.5 Å². The molecule has 0 spiro atoms.